The Kier molecular flexibility index (Phi) is 4.51. The first-order valence-electron chi connectivity index (χ1n) is 6.06. The van der Waals surface area contributed by atoms with Crippen LogP contribution in [0.1, 0.15) is 33.6 Å². The van der Waals surface area contributed by atoms with E-state index in [0.717, 1.165) is 6.54 Å². The second kappa shape index (κ2) is 5.49. The van der Waals surface area contributed by atoms with Crippen molar-refractivity contribution in [2.24, 2.45) is 11.8 Å². The molecule has 17 heavy (non-hydrogen) atoms. The van der Waals surface area contributed by atoms with Crippen molar-refractivity contribution in [3.63, 3.8) is 0 Å². The number of rotatable bonds is 5. The van der Waals surface area contributed by atoms with E-state index in [9.17, 15) is 9.59 Å². The Morgan fingerprint density at radius 1 is 1.41 bits per heavy atom. The van der Waals surface area contributed by atoms with Gasteiger partial charge in [-0.15, -0.1) is 0 Å². The zero-order valence-electron chi connectivity index (χ0n) is 10.7. The van der Waals surface area contributed by atoms with E-state index in [2.05, 4.69) is 17.6 Å². The number of hydrogen-bond acceptors (Lipinski definition) is 3. The third-order valence-electron chi connectivity index (χ3n) is 3.28. The summed E-state index contributed by atoms with van der Waals surface area (Å²) in [7, 11) is 0. The Hall–Kier alpha value is -1.10. The summed E-state index contributed by atoms with van der Waals surface area (Å²) in [6.45, 7) is 7.35. The maximum atomic E-state index is 12.0. The zero-order chi connectivity index (χ0) is 13.1. The first-order chi connectivity index (χ1) is 7.82. The Balaban J connectivity index is 2.46. The van der Waals surface area contributed by atoms with Crippen molar-refractivity contribution in [1.29, 1.82) is 0 Å². The van der Waals surface area contributed by atoms with Gasteiger partial charge in [0.05, 0.1) is 5.92 Å². The van der Waals surface area contributed by atoms with Gasteiger partial charge in [0.15, 0.2) is 0 Å². The van der Waals surface area contributed by atoms with Gasteiger partial charge >= 0.3 is 5.97 Å². The van der Waals surface area contributed by atoms with Gasteiger partial charge in [-0.3, -0.25) is 9.59 Å². The molecule has 0 aromatic rings. The van der Waals surface area contributed by atoms with Crippen LogP contribution in [0.25, 0.3) is 0 Å². The van der Waals surface area contributed by atoms with Gasteiger partial charge in [0.1, 0.15) is 0 Å². The first kappa shape index (κ1) is 14.0. The standard InChI is InChI=1S/C12H22N2O3/c1-8-6-13-7-9(8)11(17)14-12(2,3)5-4-10(15)16/h8-9,13H,4-7H2,1-3H3,(H,14,17)(H,15,16)/t8-,9-/m1/s1. The van der Waals surface area contributed by atoms with Crippen LogP contribution in [0.2, 0.25) is 0 Å². The second-order valence-electron chi connectivity index (χ2n) is 5.51. The molecule has 1 heterocycles. The molecule has 3 N–H and O–H groups in total. The molecule has 1 aliphatic rings. The van der Waals surface area contributed by atoms with Crippen LogP contribution >= 0.6 is 0 Å². The highest BCUT2D eigenvalue weighted by Crippen LogP contribution is 2.18. The van der Waals surface area contributed by atoms with Crippen molar-refractivity contribution in [2.75, 3.05) is 13.1 Å². The molecule has 98 valence electrons. The fraction of sp³-hybridized carbons (Fsp3) is 0.833. The highest BCUT2D eigenvalue weighted by Gasteiger charge is 2.32. The molecule has 0 unspecified atom stereocenters. The molecule has 0 aliphatic carbocycles. The maximum absolute atomic E-state index is 12.0. The summed E-state index contributed by atoms with van der Waals surface area (Å²) in [6.07, 6.45) is 0.522. The average molecular weight is 242 g/mol. The van der Waals surface area contributed by atoms with Gasteiger partial charge in [0, 0.05) is 18.5 Å². The number of carbonyl (C=O) groups is 2. The van der Waals surface area contributed by atoms with Crippen LogP contribution in [0.3, 0.4) is 0 Å². The summed E-state index contributed by atoms with van der Waals surface area (Å²) >= 11 is 0. The van der Waals surface area contributed by atoms with E-state index in [4.69, 9.17) is 5.11 Å². The Labute approximate surface area is 102 Å². The van der Waals surface area contributed by atoms with Crippen LogP contribution in [-0.2, 0) is 9.59 Å². The molecule has 1 aliphatic heterocycles. The van der Waals surface area contributed by atoms with Crippen molar-refractivity contribution >= 4 is 11.9 Å². The molecule has 0 bridgehead atoms. The summed E-state index contributed by atoms with van der Waals surface area (Å²) in [5, 5.41) is 14.8. The van der Waals surface area contributed by atoms with Gasteiger partial charge in [0.2, 0.25) is 5.91 Å². The number of carbonyl (C=O) groups excluding carboxylic acids is 1. The molecule has 0 aromatic carbocycles. The summed E-state index contributed by atoms with van der Waals surface area (Å²) in [5.41, 5.74) is -0.461. The van der Waals surface area contributed by atoms with Crippen molar-refractivity contribution in [2.45, 2.75) is 39.2 Å². The number of hydrogen-bond donors (Lipinski definition) is 3. The lowest BCUT2D eigenvalue weighted by Crippen LogP contribution is -2.47. The largest absolute Gasteiger partial charge is 0.481 e. The van der Waals surface area contributed by atoms with E-state index < -0.39 is 11.5 Å². The van der Waals surface area contributed by atoms with Crippen LogP contribution in [0.5, 0.6) is 0 Å². The van der Waals surface area contributed by atoms with E-state index in [-0.39, 0.29) is 18.2 Å². The van der Waals surface area contributed by atoms with Gasteiger partial charge < -0.3 is 15.7 Å². The normalized spacial score (nSPS) is 24.6. The van der Waals surface area contributed by atoms with E-state index in [1.165, 1.54) is 0 Å². The van der Waals surface area contributed by atoms with Crippen molar-refractivity contribution in [1.82, 2.24) is 10.6 Å². The van der Waals surface area contributed by atoms with Gasteiger partial charge in [-0.1, -0.05) is 6.92 Å². The molecule has 0 spiro atoms. The summed E-state index contributed by atoms with van der Waals surface area (Å²) in [5.74, 6) is -0.467. The van der Waals surface area contributed by atoms with E-state index in [1.807, 2.05) is 13.8 Å². The van der Waals surface area contributed by atoms with Crippen LogP contribution in [-0.4, -0.2) is 35.6 Å². The molecular weight excluding hydrogens is 220 g/mol. The number of carboxylic acid groups (broad SMARTS) is 1. The molecular formula is C12H22N2O3. The molecule has 5 nitrogen and oxygen atoms in total. The predicted octanol–water partition coefficient (Wildman–Crippen LogP) is 0.601. The number of aliphatic carboxylic acids is 1. The number of amides is 1. The first-order valence-corrected chi connectivity index (χ1v) is 6.06. The highest BCUT2D eigenvalue weighted by molar-refractivity contribution is 5.80. The minimum atomic E-state index is -0.830. The summed E-state index contributed by atoms with van der Waals surface area (Å²) in [6, 6.07) is 0. The van der Waals surface area contributed by atoms with Gasteiger partial charge in [-0.2, -0.15) is 0 Å². The molecule has 1 fully saturated rings. The molecule has 1 amide bonds. The molecule has 1 saturated heterocycles. The highest BCUT2D eigenvalue weighted by atomic mass is 16.4. The summed E-state index contributed by atoms with van der Waals surface area (Å²) < 4.78 is 0. The summed E-state index contributed by atoms with van der Waals surface area (Å²) in [4.78, 5) is 22.5. The lowest BCUT2D eigenvalue weighted by molar-refractivity contribution is -0.138. The zero-order valence-corrected chi connectivity index (χ0v) is 10.7. The number of carboxylic acids is 1. The minimum Gasteiger partial charge on any atom is -0.481 e. The van der Waals surface area contributed by atoms with E-state index in [1.54, 1.807) is 0 Å². The third kappa shape index (κ3) is 4.34. The average Bonchev–Trinajstić information content (AvgIpc) is 2.61. The Morgan fingerprint density at radius 2 is 2.06 bits per heavy atom. The Bertz CT molecular complexity index is 302. The minimum absolute atomic E-state index is 0.000830. The lowest BCUT2D eigenvalue weighted by atomic mass is 9.93. The van der Waals surface area contributed by atoms with Crippen LogP contribution < -0.4 is 10.6 Å². The SMILES string of the molecule is C[C@@H]1CNC[C@H]1C(=O)NC(C)(C)CCC(=O)O. The molecule has 2 atom stereocenters. The lowest BCUT2D eigenvalue weighted by Gasteiger charge is -2.28. The maximum Gasteiger partial charge on any atom is 0.303 e. The molecule has 5 heteroatoms. The topological polar surface area (TPSA) is 78.4 Å². The van der Waals surface area contributed by atoms with Gasteiger partial charge in [0.25, 0.3) is 0 Å². The molecule has 1 rings (SSSR count). The van der Waals surface area contributed by atoms with Crippen LogP contribution in [0.15, 0.2) is 0 Å². The number of nitrogens with one attached hydrogen (secondary N) is 2. The quantitative estimate of drug-likeness (QED) is 0.659. The third-order valence-corrected chi connectivity index (χ3v) is 3.28. The second-order valence-corrected chi connectivity index (χ2v) is 5.51. The van der Waals surface area contributed by atoms with E-state index >= 15 is 0 Å². The van der Waals surface area contributed by atoms with Gasteiger partial charge in [-0.25, -0.2) is 0 Å². The monoisotopic (exact) mass is 242 g/mol. The van der Waals surface area contributed by atoms with Crippen molar-refractivity contribution in [3.05, 3.63) is 0 Å². The van der Waals surface area contributed by atoms with Crippen LogP contribution in [0.4, 0.5) is 0 Å². The smallest absolute Gasteiger partial charge is 0.303 e. The van der Waals surface area contributed by atoms with Crippen molar-refractivity contribution in [3.8, 4) is 0 Å². The predicted molar refractivity (Wildman–Crippen MR) is 64.6 cm³/mol. The van der Waals surface area contributed by atoms with Crippen molar-refractivity contribution < 1.29 is 14.7 Å². The molecule has 0 saturated carbocycles. The molecule has 0 aromatic heterocycles. The van der Waals surface area contributed by atoms with Gasteiger partial charge in [-0.05, 0) is 32.7 Å². The fourth-order valence-electron chi connectivity index (χ4n) is 2.07. The molecule has 0 radical (unpaired) electrons. The fourth-order valence-corrected chi connectivity index (χ4v) is 2.07. The van der Waals surface area contributed by atoms with Crippen LogP contribution in [0, 0.1) is 11.8 Å². The van der Waals surface area contributed by atoms with E-state index in [0.29, 0.717) is 18.9 Å². The Morgan fingerprint density at radius 3 is 2.53 bits per heavy atom.